The minimum absolute atomic E-state index is 0.0417. The number of halogens is 2. The molecule has 2 nitrogen and oxygen atoms in total. The molecule has 0 unspecified atom stereocenters. The molecule has 0 atom stereocenters. The molecule has 0 amide bonds. The molecule has 0 saturated carbocycles. The fraction of sp³-hybridized carbons (Fsp3) is 0.231. The largest absolute Gasteiger partial charge is 0.560 e. The Morgan fingerprint density at radius 3 is 2.61 bits per heavy atom. The van der Waals surface area contributed by atoms with Gasteiger partial charge in [-0.05, 0) is 23.8 Å². The van der Waals surface area contributed by atoms with Crippen molar-refractivity contribution in [1.82, 2.24) is 0 Å². The van der Waals surface area contributed by atoms with Gasteiger partial charge >= 0.3 is 16.0 Å². The van der Waals surface area contributed by atoms with E-state index in [-0.39, 0.29) is 22.8 Å². The lowest BCUT2D eigenvalue weighted by molar-refractivity contribution is 0.0223. The minimum atomic E-state index is 0.0417. The van der Waals surface area contributed by atoms with Crippen molar-refractivity contribution >= 4 is 52.6 Å². The van der Waals surface area contributed by atoms with E-state index in [1.54, 1.807) is 0 Å². The Hall–Kier alpha value is 0.186. The molecule has 0 bridgehead atoms. The van der Waals surface area contributed by atoms with Gasteiger partial charge in [0.15, 0.2) is 6.79 Å². The molecule has 2 rings (SSSR count). The van der Waals surface area contributed by atoms with Crippen LogP contribution in [0.3, 0.4) is 0 Å². The van der Waals surface area contributed by atoms with Crippen molar-refractivity contribution in [3.05, 3.63) is 42.5 Å². The summed E-state index contributed by atoms with van der Waals surface area (Å²) < 4.78 is 10.5. The minimum Gasteiger partial charge on any atom is -0.467 e. The molecule has 1 radical (unpaired) electrons. The zero-order valence-corrected chi connectivity index (χ0v) is 14.7. The van der Waals surface area contributed by atoms with Gasteiger partial charge in [0.05, 0.1) is 0 Å². The van der Waals surface area contributed by atoms with Crippen LogP contribution in [0.1, 0.15) is 6.92 Å². The van der Waals surface area contributed by atoms with Crippen LogP contribution in [-0.2, 0) is 4.74 Å². The van der Waals surface area contributed by atoms with Gasteiger partial charge in [0.1, 0.15) is 5.75 Å². The summed E-state index contributed by atoms with van der Waals surface area (Å²) in [7, 11) is 0. The Bertz CT molecular complexity index is 465. The van der Waals surface area contributed by atoms with E-state index in [9.17, 15) is 0 Å². The second kappa shape index (κ2) is 10.0. The first-order valence-electron chi connectivity index (χ1n) is 5.55. The van der Waals surface area contributed by atoms with E-state index in [0.29, 0.717) is 6.61 Å². The Labute approximate surface area is 130 Å². The number of hydrogen-bond acceptors (Lipinski definition) is 2. The predicted octanol–water partition coefficient (Wildman–Crippen LogP) is 4.32. The molecule has 0 aliphatic rings. The zero-order chi connectivity index (χ0) is 13.2. The molecule has 0 aliphatic heterocycles. The fourth-order valence-corrected chi connectivity index (χ4v) is 1.37. The average Bonchev–Trinajstić information content (AvgIpc) is 2.40. The highest BCUT2D eigenvalue weighted by atomic mass is 79.9. The first-order valence-corrected chi connectivity index (χ1v) is 13.3. The van der Waals surface area contributed by atoms with E-state index in [0.717, 1.165) is 11.1 Å². The van der Waals surface area contributed by atoms with Gasteiger partial charge in [-0.1, -0.05) is 30.3 Å². The molecule has 0 heterocycles. The first kappa shape index (κ1) is 16.2. The molecule has 0 aliphatic carbocycles. The number of benzene rings is 2. The SMILES string of the molecule is CCOCOc1[c]c2ccccc2cc1.[Br][Mg][Br]. The second-order valence-electron chi connectivity index (χ2n) is 3.27. The molecule has 0 fully saturated rings. The van der Waals surface area contributed by atoms with Crippen molar-refractivity contribution in [2.45, 2.75) is 6.92 Å². The zero-order valence-electron chi connectivity index (χ0n) is 10.2. The lowest BCUT2D eigenvalue weighted by Gasteiger charge is -2.06. The molecule has 0 spiro atoms. The maximum Gasteiger partial charge on any atom is 0.560 e. The van der Waals surface area contributed by atoms with Crippen LogP contribution in [0.5, 0.6) is 5.75 Å². The Morgan fingerprint density at radius 2 is 1.89 bits per heavy atom. The van der Waals surface area contributed by atoms with Crippen LogP contribution < -0.4 is 4.74 Å². The highest BCUT2D eigenvalue weighted by molar-refractivity contribution is 9.47. The molecule has 18 heavy (non-hydrogen) atoms. The molecule has 2 aromatic carbocycles. The molecule has 2 aromatic rings. The highest BCUT2D eigenvalue weighted by Gasteiger charge is 1.96. The smallest absolute Gasteiger partial charge is 0.467 e. The third-order valence-electron chi connectivity index (χ3n) is 2.13. The first-order chi connectivity index (χ1) is 8.81. The van der Waals surface area contributed by atoms with Crippen LogP contribution in [0.2, 0.25) is 0 Å². The van der Waals surface area contributed by atoms with Crippen molar-refractivity contribution in [2.24, 2.45) is 0 Å². The van der Waals surface area contributed by atoms with Crippen LogP contribution in [-0.4, -0.2) is 29.4 Å². The highest BCUT2D eigenvalue weighted by Crippen LogP contribution is 2.19. The monoisotopic (exact) mass is 383 g/mol. The van der Waals surface area contributed by atoms with Crippen molar-refractivity contribution < 1.29 is 9.47 Å². The van der Waals surface area contributed by atoms with E-state index >= 15 is 0 Å². The lowest BCUT2D eigenvalue weighted by atomic mass is 10.1. The third-order valence-corrected chi connectivity index (χ3v) is 2.13. The van der Waals surface area contributed by atoms with E-state index in [4.69, 9.17) is 9.47 Å². The number of fused-ring (bicyclic) bond motifs is 1. The summed E-state index contributed by atoms with van der Waals surface area (Å²) in [4.78, 5) is 0. The maximum atomic E-state index is 5.38. The summed E-state index contributed by atoms with van der Waals surface area (Å²) in [6.45, 7) is 2.88. The van der Waals surface area contributed by atoms with Gasteiger partial charge in [-0.15, -0.1) is 0 Å². The van der Waals surface area contributed by atoms with Crippen molar-refractivity contribution in [3.8, 4) is 5.75 Å². The van der Waals surface area contributed by atoms with Crippen LogP contribution in [0, 0.1) is 6.07 Å². The number of rotatable bonds is 4. The van der Waals surface area contributed by atoms with Crippen molar-refractivity contribution in [1.29, 1.82) is 0 Å². The number of ether oxygens (including phenoxy) is 2. The second-order valence-corrected chi connectivity index (χ2v) is 11.3. The van der Waals surface area contributed by atoms with Gasteiger partial charge in [-0.2, -0.15) is 0 Å². The topological polar surface area (TPSA) is 18.5 Å². The standard InChI is InChI=1S/C13H13O2.2BrH.Mg/c1-2-14-10-15-13-8-7-11-5-3-4-6-12(11)9-13;;;/h3-8H,2,10H2,1H3;2*1H;/q;;;+2/p-2. The van der Waals surface area contributed by atoms with Gasteiger partial charge in [0.25, 0.3) is 0 Å². The summed E-state index contributed by atoms with van der Waals surface area (Å²) in [6, 6.07) is 15.2. The van der Waals surface area contributed by atoms with Crippen LogP contribution in [0.25, 0.3) is 10.8 Å². The van der Waals surface area contributed by atoms with E-state index in [1.165, 1.54) is 5.39 Å². The summed E-state index contributed by atoms with van der Waals surface area (Å²) in [5.41, 5.74) is 0. The Morgan fingerprint density at radius 1 is 1.17 bits per heavy atom. The van der Waals surface area contributed by atoms with Crippen molar-refractivity contribution in [3.63, 3.8) is 0 Å². The van der Waals surface area contributed by atoms with Gasteiger partial charge in [0, 0.05) is 12.7 Å². The van der Waals surface area contributed by atoms with Crippen molar-refractivity contribution in [2.75, 3.05) is 13.4 Å². The summed E-state index contributed by atoms with van der Waals surface area (Å²) in [5, 5.41) is 2.23. The lowest BCUT2D eigenvalue weighted by Crippen LogP contribution is -2.01. The Balaban J connectivity index is 0.000000492. The van der Waals surface area contributed by atoms with E-state index < -0.39 is 0 Å². The quantitative estimate of drug-likeness (QED) is 0.443. The summed E-state index contributed by atoms with van der Waals surface area (Å²) in [5.74, 6) is 0.724. The van der Waals surface area contributed by atoms with Gasteiger partial charge in [-0.3, -0.25) is 25.8 Å². The van der Waals surface area contributed by atoms with Gasteiger partial charge < -0.3 is 9.47 Å². The Kier molecular flexibility index (Phi) is 9.05. The average molecular weight is 385 g/mol. The van der Waals surface area contributed by atoms with Crippen LogP contribution >= 0.6 is 25.8 Å². The molecular weight excluding hydrogens is 372 g/mol. The molecule has 0 saturated heterocycles. The molecule has 93 valence electrons. The number of hydrogen-bond donors (Lipinski definition) is 0. The third kappa shape index (κ3) is 5.88. The summed E-state index contributed by atoms with van der Waals surface area (Å²) in [6.07, 6.45) is 0. The van der Waals surface area contributed by atoms with Crippen LogP contribution in [0.4, 0.5) is 0 Å². The fourth-order valence-electron chi connectivity index (χ4n) is 1.37. The molecular formula is C13H13Br2MgO2. The molecule has 0 aromatic heterocycles. The van der Waals surface area contributed by atoms with E-state index in [2.05, 4.69) is 37.9 Å². The van der Waals surface area contributed by atoms with E-state index in [1.807, 2.05) is 37.3 Å². The van der Waals surface area contributed by atoms with Gasteiger partial charge in [-0.25, -0.2) is 0 Å². The maximum absolute atomic E-state index is 5.38. The molecule has 5 heteroatoms. The normalized spacial score (nSPS) is 9.28. The molecule has 0 N–H and O–H groups in total. The predicted molar refractivity (Wildman–Crippen MR) is 83.5 cm³/mol. The summed E-state index contributed by atoms with van der Waals surface area (Å²) >= 11 is 6.44. The van der Waals surface area contributed by atoms with Gasteiger partial charge in [0.2, 0.25) is 0 Å². The van der Waals surface area contributed by atoms with Crippen LogP contribution in [0.15, 0.2) is 36.4 Å².